The molecule has 0 saturated heterocycles. The number of carbonyl (C=O) groups is 1. The first-order valence-electron chi connectivity index (χ1n) is 5.28. The smallest absolute Gasteiger partial charge is 0.251 e. The van der Waals surface area contributed by atoms with Crippen molar-refractivity contribution in [3.63, 3.8) is 0 Å². The minimum atomic E-state index is 0.259. The minimum absolute atomic E-state index is 0.259. The van der Waals surface area contributed by atoms with E-state index in [1.165, 1.54) is 4.68 Å². The van der Waals surface area contributed by atoms with Crippen LogP contribution in [0, 0.1) is 0 Å². The number of hydrogen-bond acceptors (Lipinski definition) is 4. The molecule has 17 heavy (non-hydrogen) atoms. The average Bonchev–Trinajstić information content (AvgIpc) is 2.67. The van der Waals surface area contributed by atoms with Crippen LogP contribution in [-0.4, -0.2) is 26.0 Å². The Bertz CT molecular complexity index is 524. The van der Waals surface area contributed by atoms with Crippen LogP contribution in [0.4, 0.5) is 0 Å². The molecule has 2 aromatic rings. The molecule has 2 heterocycles. The number of nitrogens with zero attached hydrogens (tertiary/aromatic N) is 4. The van der Waals surface area contributed by atoms with Crippen molar-refractivity contribution in [1.29, 1.82) is 0 Å². The van der Waals surface area contributed by atoms with E-state index >= 15 is 0 Å². The molecule has 2 rings (SSSR count). The fourth-order valence-corrected chi connectivity index (χ4v) is 1.79. The predicted octanol–water partition coefficient (Wildman–Crippen LogP) is 2.08. The Balaban J connectivity index is 2.52. The Labute approximate surface area is 103 Å². The van der Waals surface area contributed by atoms with Crippen molar-refractivity contribution in [3.8, 4) is 5.95 Å². The topological polar surface area (TPSA) is 60.7 Å². The second kappa shape index (κ2) is 5.05. The summed E-state index contributed by atoms with van der Waals surface area (Å²) >= 11 is 6.09. The molecule has 6 heteroatoms. The van der Waals surface area contributed by atoms with Gasteiger partial charge in [-0.05, 0) is 12.5 Å². The number of hydrogen-bond donors (Lipinski definition) is 0. The highest BCUT2D eigenvalue weighted by molar-refractivity contribution is 6.32. The van der Waals surface area contributed by atoms with Crippen LogP contribution < -0.4 is 0 Å². The number of carbonyl (C=O) groups excluding carboxylic acids is 1. The first-order valence-corrected chi connectivity index (χ1v) is 5.65. The van der Waals surface area contributed by atoms with Crippen molar-refractivity contribution < 1.29 is 4.79 Å². The number of aldehydes is 1. The molecule has 0 aliphatic heterocycles. The SMILES string of the molecule is CCCc1nn(-c2ncccn2)c(Cl)c1C=O. The van der Waals surface area contributed by atoms with Crippen molar-refractivity contribution in [2.24, 2.45) is 0 Å². The molecule has 0 amide bonds. The van der Waals surface area contributed by atoms with Gasteiger partial charge in [-0.1, -0.05) is 24.9 Å². The third-order valence-electron chi connectivity index (χ3n) is 2.29. The molecule has 0 atom stereocenters. The van der Waals surface area contributed by atoms with Gasteiger partial charge in [-0.15, -0.1) is 0 Å². The summed E-state index contributed by atoms with van der Waals surface area (Å²) in [5.41, 5.74) is 1.10. The van der Waals surface area contributed by atoms with Crippen molar-refractivity contribution >= 4 is 17.9 Å². The van der Waals surface area contributed by atoms with Crippen LogP contribution in [-0.2, 0) is 6.42 Å². The van der Waals surface area contributed by atoms with Gasteiger partial charge in [-0.3, -0.25) is 4.79 Å². The summed E-state index contributed by atoms with van der Waals surface area (Å²) in [7, 11) is 0. The molecule has 0 spiro atoms. The monoisotopic (exact) mass is 250 g/mol. The van der Waals surface area contributed by atoms with Crippen LogP contribution in [0.25, 0.3) is 5.95 Å². The average molecular weight is 251 g/mol. The summed E-state index contributed by atoms with van der Waals surface area (Å²) in [4.78, 5) is 19.1. The molecule has 0 fully saturated rings. The maximum atomic E-state index is 11.0. The fourth-order valence-electron chi connectivity index (χ4n) is 1.52. The van der Waals surface area contributed by atoms with Crippen LogP contribution in [0.15, 0.2) is 18.5 Å². The van der Waals surface area contributed by atoms with Gasteiger partial charge in [0.1, 0.15) is 5.15 Å². The molecular weight excluding hydrogens is 240 g/mol. The molecule has 0 aliphatic rings. The third-order valence-corrected chi connectivity index (χ3v) is 2.65. The van der Waals surface area contributed by atoms with Gasteiger partial charge in [-0.2, -0.15) is 9.78 Å². The lowest BCUT2D eigenvalue weighted by atomic mass is 10.2. The Hall–Kier alpha value is -1.75. The summed E-state index contributed by atoms with van der Waals surface area (Å²) in [6, 6.07) is 1.70. The highest BCUT2D eigenvalue weighted by Crippen LogP contribution is 2.21. The fraction of sp³-hybridized carbons (Fsp3) is 0.273. The molecule has 0 N–H and O–H groups in total. The van der Waals surface area contributed by atoms with Crippen LogP contribution in [0.2, 0.25) is 5.15 Å². The maximum absolute atomic E-state index is 11.0. The van der Waals surface area contributed by atoms with Crippen molar-refractivity contribution in [2.45, 2.75) is 19.8 Å². The highest BCUT2D eigenvalue weighted by atomic mass is 35.5. The van der Waals surface area contributed by atoms with Gasteiger partial charge >= 0.3 is 0 Å². The van der Waals surface area contributed by atoms with Crippen LogP contribution in [0.3, 0.4) is 0 Å². The molecule has 5 nitrogen and oxygen atoms in total. The lowest BCUT2D eigenvalue weighted by Gasteiger charge is -1.98. The Morgan fingerprint density at radius 2 is 2.12 bits per heavy atom. The number of halogens is 1. The van der Waals surface area contributed by atoms with Gasteiger partial charge in [0.05, 0.1) is 11.3 Å². The number of aryl methyl sites for hydroxylation is 1. The van der Waals surface area contributed by atoms with E-state index < -0.39 is 0 Å². The second-order valence-electron chi connectivity index (χ2n) is 3.48. The van der Waals surface area contributed by atoms with E-state index in [0.29, 0.717) is 23.6 Å². The zero-order valence-corrected chi connectivity index (χ0v) is 10.1. The molecule has 0 unspecified atom stereocenters. The lowest BCUT2D eigenvalue weighted by Crippen LogP contribution is -2.02. The molecule has 0 radical (unpaired) electrons. The summed E-state index contributed by atoms with van der Waals surface area (Å²) in [6.07, 6.45) is 5.51. The molecule has 0 bridgehead atoms. The van der Waals surface area contributed by atoms with E-state index in [4.69, 9.17) is 11.6 Å². The van der Waals surface area contributed by atoms with Gasteiger partial charge in [0, 0.05) is 12.4 Å². The van der Waals surface area contributed by atoms with E-state index in [0.717, 1.165) is 12.7 Å². The lowest BCUT2D eigenvalue weighted by molar-refractivity contribution is 0.112. The second-order valence-corrected chi connectivity index (χ2v) is 3.84. The Morgan fingerprint density at radius 3 is 2.71 bits per heavy atom. The van der Waals surface area contributed by atoms with E-state index in [9.17, 15) is 4.79 Å². The third kappa shape index (κ3) is 2.19. The Kier molecular flexibility index (Phi) is 3.49. The first kappa shape index (κ1) is 11.7. The molecule has 0 aromatic carbocycles. The van der Waals surface area contributed by atoms with E-state index in [-0.39, 0.29) is 5.15 Å². The van der Waals surface area contributed by atoms with E-state index in [2.05, 4.69) is 15.1 Å². The molecular formula is C11H11ClN4O. The van der Waals surface area contributed by atoms with E-state index in [1.54, 1.807) is 18.5 Å². The zero-order valence-electron chi connectivity index (χ0n) is 9.30. The quantitative estimate of drug-likeness (QED) is 0.780. The largest absolute Gasteiger partial charge is 0.298 e. The summed E-state index contributed by atoms with van der Waals surface area (Å²) in [6.45, 7) is 2.01. The Morgan fingerprint density at radius 1 is 1.41 bits per heavy atom. The van der Waals surface area contributed by atoms with Crippen molar-refractivity contribution in [3.05, 3.63) is 34.9 Å². The van der Waals surface area contributed by atoms with Gasteiger partial charge in [0.15, 0.2) is 6.29 Å². The van der Waals surface area contributed by atoms with Gasteiger partial charge in [0.25, 0.3) is 5.95 Å². The molecule has 2 aromatic heterocycles. The normalized spacial score (nSPS) is 10.5. The van der Waals surface area contributed by atoms with Gasteiger partial charge in [-0.25, -0.2) is 9.97 Å². The van der Waals surface area contributed by atoms with Gasteiger partial charge in [0.2, 0.25) is 0 Å². The standard InChI is InChI=1S/C11H11ClN4O/c1-2-4-9-8(7-17)10(12)16(15-9)11-13-5-3-6-14-11/h3,5-7H,2,4H2,1H3. The summed E-state index contributed by atoms with van der Waals surface area (Å²) < 4.78 is 1.39. The van der Waals surface area contributed by atoms with E-state index in [1.807, 2.05) is 6.92 Å². The molecule has 88 valence electrons. The molecule has 0 aliphatic carbocycles. The number of rotatable bonds is 4. The van der Waals surface area contributed by atoms with Crippen LogP contribution in [0.5, 0.6) is 0 Å². The summed E-state index contributed by atoms with van der Waals surface area (Å²) in [5.74, 6) is 0.364. The summed E-state index contributed by atoms with van der Waals surface area (Å²) in [5, 5.41) is 4.53. The van der Waals surface area contributed by atoms with Crippen LogP contribution in [0.1, 0.15) is 29.4 Å². The maximum Gasteiger partial charge on any atom is 0.251 e. The minimum Gasteiger partial charge on any atom is -0.298 e. The highest BCUT2D eigenvalue weighted by Gasteiger charge is 2.17. The number of aromatic nitrogens is 4. The van der Waals surface area contributed by atoms with Crippen molar-refractivity contribution in [1.82, 2.24) is 19.7 Å². The van der Waals surface area contributed by atoms with Gasteiger partial charge < -0.3 is 0 Å². The zero-order chi connectivity index (χ0) is 12.3. The van der Waals surface area contributed by atoms with Crippen LogP contribution >= 0.6 is 11.6 Å². The first-order chi connectivity index (χ1) is 8.27. The molecule has 0 saturated carbocycles. The van der Waals surface area contributed by atoms with Crippen molar-refractivity contribution in [2.75, 3.05) is 0 Å². The predicted molar refractivity (Wildman–Crippen MR) is 63.5 cm³/mol.